The van der Waals surface area contributed by atoms with E-state index in [0.717, 1.165) is 15.6 Å². The van der Waals surface area contributed by atoms with Crippen LogP contribution in [0.1, 0.15) is 0 Å². The topological polar surface area (TPSA) is 36.8 Å². The van der Waals surface area contributed by atoms with Gasteiger partial charge < -0.3 is 5.32 Å². The lowest BCUT2D eigenvalue weighted by Gasteiger charge is -2.10. The molecule has 2 heterocycles. The third-order valence-corrected chi connectivity index (χ3v) is 3.30. The van der Waals surface area contributed by atoms with E-state index in [2.05, 4.69) is 15.3 Å². The number of para-hydroxylation sites is 1. The van der Waals surface area contributed by atoms with E-state index in [4.69, 9.17) is 0 Å². The maximum absolute atomic E-state index is 4.61. The van der Waals surface area contributed by atoms with Gasteiger partial charge in [0.1, 0.15) is 0 Å². The van der Waals surface area contributed by atoms with Crippen LogP contribution in [0.2, 0.25) is 0 Å². The Kier molecular flexibility index (Phi) is 2.71. The van der Waals surface area contributed by atoms with E-state index in [0.29, 0.717) is 0 Å². The fourth-order valence-electron chi connectivity index (χ4n) is 1.67. The fourth-order valence-corrected chi connectivity index (χ4v) is 2.37. The Bertz CT molecular complexity index is 643. The second kappa shape index (κ2) is 4.51. The van der Waals surface area contributed by atoms with Gasteiger partial charge in [-0.25, -0.2) is 0 Å². The molecular weight excluding hydrogens is 230 g/mol. The van der Waals surface area contributed by atoms with Crippen molar-refractivity contribution in [3.63, 3.8) is 0 Å². The number of nitrogens with one attached hydrogen (secondary N) is 1. The molecule has 0 saturated heterocycles. The molecule has 1 aliphatic rings. The van der Waals surface area contributed by atoms with E-state index in [-0.39, 0.29) is 6.17 Å². The van der Waals surface area contributed by atoms with Gasteiger partial charge in [0.15, 0.2) is 6.17 Å². The average Bonchev–Trinajstić information content (AvgIpc) is 2.70. The first kappa shape index (κ1) is 10.2. The number of thiophene rings is 1. The van der Waals surface area contributed by atoms with E-state index < -0.39 is 0 Å². The molecule has 2 aromatic rings. The third kappa shape index (κ3) is 2.26. The summed E-state index contributed by atoms with van der Waals surface area (Å²) in [6, 6.07) is 12.1. The van der Waals surface area contributed by atoms with Crippen LogP contribution in [0.25, 0.3) is 6.20 Å². The van der Waals surface area contributed by atoms with Gasteiger partial charge in [-0.05, 0) is 23.6 Å². The summed E-state index contributed by atoms with van der Waals surface area (Å²) in [5.74, 6) is 0. The summed E-state index contributed by atoms with van der Waals surface area (Å²) in [5.41, 5.74) is 1.05. The molecule has 0 aliphatic carbocycles. The fraction of sp³-hybridized carbons (Fsp3) is 0.0769. The second-order valence-electron chi connectivity index (χ2n) is 3.68. The summed E-state index contributed by atoms with van der Waals surface area (Å²) < 4.78 is 1.11. The Balaban J connectivity index is 1.91. The number of aliphatic imine (C=N–C) groups is 1. The summed E-state index contributed by atoms with van der Waals surface area (Å²) in [7, 11) is 0. The van der Waals surface area contributed by atoms with Crippen LogP contribution in [0.15, 0.2) is 51.8 Å². The monoisotopic (exact) mass is 241 g/mol. The smallest absolute Gasteiger partial charge is 0.155 e. The number of hydrogen-bond acceptors (Lipinski definition) is 4. The zero-order valence-corrected chi connectivity index (χ0v) is 9.89. The molecule has 0 spiro atoms. The minimum Gasteiger partial charge on any atom is -0.359 e. The van der Waals surface area contributed by atoms with Crippen LogP contribution in [0.3, 0.4) is 0 Å². The molecule has 1 aliphatic heterocycles. The highest BCUT2D eigenvalue weighted by Crippen LogP contribution is 2.07. The van der Waals surface area contributed by atoms with E-state index in [9.17, 15) is 0 Å². The van der Waals surface area contributed by atoms with Crippen molar-refractivity contribution in [2.24, 2.45) is 9.98 Å². The molecule has 1 aromatic heterocycles. The lowest BCUT2D eigenvalue weighted by Crippen LogP contribution is -2.25. The zero-order chi connectivity index (χ0) is 11.5. The Labute approximate surface area is 103 Å². The van der Waals surface area contributed by atoms with Crippen molar-refractivity contribution in [2.75, 3.05) is 5.32 Å². The average molecular weight is 241 g/mol. The van der Waals surface area contributed by atoms with Crippen molar-refractivity contribution in [3.8, 4) is 0 Å². The first-order valence-corrected chi connectivity index (χ1v) is 6.26. The van der Waals surface area contributed by atoms with Gasteiger partial charge in [0.05, 0.1) is 9.89 Å². The van der Waals surface area contributed by atoms with Crippen LogP contribution in [0, 0.1) is 0 Å². The molecule has 3 nitrogen and oxygen atoms in total. The van der Waals surface area contributed by atoms with Crippen LogP contribution in [0.5, 0.6) is 0 Å². The summed E-state index contributed by atoms with van der Waals surface area (Å²) in [6.07, 6.45) is 3.57. The van der Waals surface area contributed by atoms with Crippen LogP contribution < -0.4 is 15.2 Å². The van der Waals surface area contributed by atoms with Gasteiger partial charge in [-0.2, -0.15) is 0 Å². The van der Waals surface area contributed by atoms with Crippen molar-refractivity contribution in [3.05, 3.63) is 51.7 Å². The van der Waals surface area contributed by atoms with E-state index in [1.54, 1.807) is 11.3 Å². The van der Waals surface area contributed by atoms with E-state index >= 15 is 0 Å². The second-order valence-corrected chi connectivity index (χ2v) is 4.63. The van der Waals surface area contributed by atoms with Crippen molar-refractivity contribution < 1.29 is 0 Å². The normalized spacial score (nSPS) is 17.5. The minimum absolute atomic E-state index is 0.107. The summed E-state index contributed by atoms with van der Waals surface area (Å²) in [4.78, 5) is 8.88. The summed E-state index contributed by atoms with van der Waals surface area (Å²) in [6.45, 7) is 0. The highest BCUT2D eigenvalue weighted by molar-refractivity contribution is 7.07. The van der Waals surface area contributed by atoms with Gasteiger partial charge in [-0.15, -0.1) is 11.3 Å². The number of fused-ring (bicyclic) bond motifs is 1. The van der Waals surface area contributed by atoms with Gasteiger partial charge in [0.25, 0.3) is 0 Å². The van der Waals surface area contributed by atoms with Gasteiger partial charge in [0, 0.05) is 18.1 Å². The maximum atomic E-state index is 4.61. The summed E-state index contributed by atoms with van der Waals surface area (Å²) >= 11 is 1.66. The quantitative estimate of drug-likeness (QED) is 0.852. The molecule has 0 radical (unpaired) electrons. The number of nitrogens with zero attached hydrogens (tertiary/aromatic N) is 2. The predicted molar refractivity (Wildman–Crippen MR) is 71.9 cm³/mol. The SMILES string of the molecule is C1=NC=c2sccc2=NC1Nc1ccccc1. The molecule has 1 unspecified atom stereocenters. The Hall–Kier alpha value is -1.94. The van der Waals surface area contributed by atoms with Gasteiger partial charge >= 0.3 is 0 Å². The highest BCUT2D eigenvalue weighted by Gasteiger charge is 2.04. The van der Waals surface area contributed by atoms with E-state index in [1.807, 2.05) is 54.2 Å². The van der Waals surface area contributed by atoms with Crippen molar-refractivity contribution >= 4 is 29.4 Å². The van der Waals surface area contributed by atoms with Crippen LogP contribution in [0.4, 0.5) is 5.69 Å². The van der Waals surface area contributed by atoms with Crippen molar-refractivity contribution in [1.29, 1.82) is 0 Å². The number of anilines is 1. The number of rotatable bonds is 2. The minimum atomic E-state index is -0.107. The molecule has 84 valence electrons. The number of hydrogen-bond donors (Lipinski definition) is 1. The lowest BCUT2D eigenvalue weighted by molar-refractivity contribution is 0.967. The molecule has 1 N–H and O–H groups in total. The van der Waals surface area contributed by atoms with Gasteiger partial charge in [0.2, 0.25) is 0 Å². The Morgan fingerprint density at radius 3 is 2.88 bits per heavy atom. The zero-order valence-electron chi connectivity index (χ0n) is 9.08. The van der Waals surface area contributed by atoms with E-state index in [1.165, 1.54) is 0 Å². The van der Waals surface area contributed by atoms with Crippen LogP contribution in [-0.4, -0.2) is 12.4 Å². The van der Waals surface area contributed by atoms with Gasteiger partial charge in [-0.1, -0.05) is 18.2 Å². The molecule has 0 fully saturated rings. The molecule has 0 amide bonds. The maximum Gasteiger partial charge on any atom is 0.155 e. The van der Waals surface area contributed by atoms with Crippen LogP contribution in [-0.2, 0) is 0 Å². The largest absolute Gasteiger partial charge is 0.359 e. The van der Waals surface area contributed by atoms with Crippen molar-refractivity contribution in [1.82, 2.24) is 0 Å². The summed E-state index contributed by atoms with van der Waals surface area (Å²) in [5, 5.41) is 6.35. The molecule has 0 saturated carbocycles. The van der Waals surface area contributed by atoms with Crippen molar-refractivity contribution in [2.45, 2.75) is 6.17 Å². The predicted octanol–water partition coefficient (Wildman–Crippen LogP) is 1.63. The Morgan fingerprint density at radius 2 is 2.00 bits per heavy atom. The molecule has 3 rings (SSSR count). The first-order chi connectivity index (χ1) is 8.42. The number of benzene rings is 1. The molecule has 4 heteroatoms. The lowest BCUT2D eigenvalue weighted by atomic mass is 10.3. The molecule has 1 atom stereocenters. The highest BCUT2D eigenvalue weighted by atomic mass is 32.1. The molecule has 17 heavy (non-hydrogen) atoms. The van der Waals surface area contributed by atoms with Crippen LogP contribution >= 0.6 is 11.3 Å². The standard InChI is InChI=1S/C13H11N3S/c1-2-4-10(5-3-1)15-13-9-14-8-12-11(16-13)6-7-17-12/h1-9,13,15H. The first-order valence-electron chi connectivity index (χ1n) is 5.38. The molecular formula is C13H11N3S. The van der Waals surface area contributed by atoms with Gasteiger partial charge in [-0.3, -0.25) is 9.98 Å². The third-order valence-electron chi connectivity index (χ3n) is 2.46. The molecule has 0 bridgehead atoms. The molecule has 1 aromatic carbocycles. The Morgan fingerprint density at radius 1 is 1.12 bits per heavy atom.